The quantitative estimate of drug-likeness (QED) is 0.686. The molecular formula is C13H22N2O5S2. The molecule has 0 spiro atoms. The molecule has 0 saturated carbocycles. The maximum atomic E-state index is 12.1. The minimum Gasteiger partial charge on any atom is -0.383 e. The van der Waals surface area contributed by atoms with Gasteiger partial charge in [0.2, 0.25) is 20.0 Å². The van der Waals surface area contributed by atoms with Gasteiger partial charge in [-0.25, -0.2) is 21.6 Å². The van der Waals surface area contributed by atoms with Gasteiger partial charge >= 0.3 is 0 Å². The van der Waals surface area contributed by atoms with E-state index in [1.807, 2.05) is 0 Å². The van der Waals surface area contributed by atoms with Crippen LogP contribution in [0.4, 0.5) is 0 Å². The van der Waals surface area contributed by atoms with Gasteiger partial charge in [0.1, 0.15) is 0 Å². The Balaban J connectivity index is 2.68. The first-order chi connectivity index (χ1) is 10.2. The average Bonchev–Trinajstić information content (AvgIpc) is 2.41. The molecule has 126 valence electrons. The van der Waals surface area contributed by atoms with Crippen LogP contribution < -0.4 is 4.72 Å². The van der Waals surface area contributed by atoms with E-state index < -0.39 is 20.0 Å². The van der Waals surface area contributed by atoms with E-state index in [-0.39, 0.29) is 31.1 Å². The lowest BCUT2D eigenvalue weighted by molar-refractivity contribution is 0.179. The molecule has 0 unspecified atom stereocenters. The van der Waals surface area contributed by atoms with E-state index in [9.17, 15) is 16.8 Å². The summed E-state index contributed by atoms with van der Waals surface area (Å²) in [4.78, 5) is 0.162. The highest BCUT2D eigenvalue weighted by atomic mass is 32.2. The molecule has 0 fully saturated rings. The van der Waals surface area contributed by atoms with Gasteiger partial charge in [-0.15, -0.1) is 0 Å². The second-order valence-electron chi connectivity index (χ2n) is 4.87. The number of hydrogen-bond acceptors (Lipinski definition) is 5. The zero-order valence-electron chi connectivity index (χ0n) is 12.9. The third kappa shape index (κ3) is 6.01. The molecule has 0 amide bonds. The summed E-state index contributed by atoms with van der Waals surface area (Å²) < 4.78 is 55.9. The number of benzene rings is 1. The first-order valence-corrected chi connectivity index (χ1v) is 10.0. The Morgan fingerprint density at radius 3 is 2.41 bits per heavy atom. The molecule has 0 atom stereocenters. The Morgan fingerprint density at radius 1 is 1.18 bits per heavy atom. The number of methoxy groups -OCH3 is 1. The molecule has 1 N–H and O–H groups in total. The van der Waals surface area contributed by atoms with Crippen molar-refractivity contribution in [1.82, 2.24) is 9.03 Å². The molecule has 22 heavy (non-hydrogen) atoms. The lowest BCUT2D eigenvalue weighted by Gasteiger charge is -2.19. The number of aryl methyl sites for hydroxylation is 1. The van der Waals surface area contributed by atoms with Crippen LogP contribution in [0.1, 0.15) is 5.56 Å². The Labute approximate surface area is 132 Å². The standard InChI is InChI=1S/C13H22N2O5S2/c1-12-5-4-6-13(11-12)22(18,19)14-7-8-15(9-10-20-2)21(3,16)17/h4-6,11,14H,7-10H2,1-3H3. The van der Waals surface area contributed by atoms with E-state index in [1.165, 1.54) is 17.5 Å². The maximum absolute atomic E-state index is 12.1. The summed E-state index contributed by atoms with van der Waals surface area (Å²) in [6, 6.07) is 6.51. The molecule has 0 bridgehead atoms. The van der Waals surface area contributed by atoms with Crippen molar-refractivity contribution < 1.29 is 21.6 Å². The summed E-state index contributed by atoms with van der Waals surface area (Å²) in [5, 5.41) is 0. The minimum atomic E-state index is -3.65. The topological polar surface area (TPSA) is 92.8 Å². The molecule has 0 aliphatic rings. The van der Waals surface area contributed by atoms with Gasteiger partial charge < -0.3 is 4.74 Å². The third-order valence-corrected chi connectivity index (χ3v) is 5.73. The Kier molecular flexibility index (Phi) is 6.95. The molecular weight excluding hydrogens is 328 g/mol. The maximum Gasteiger partial charge on any atom is 0.240 e. The smallest absolute Gasteiger partial charge is 0.240 e. The number of ether oxygens (including phenoxy) is 1. The van der Waals surface area contributed by atoms with Gasteiger partial charge in [0, 0.05) is 26.7 Å². The van der Waals surface area contributed by atoms with E-state index >= 15 is 0 Å². The van der Waals surface area contributed by atoms with Crippen molar-refractivity contribution in [2.24, 2.45) is 0 Å². The van der Waals surface area contributed by atoms with E-state index in [4.69, 9.17) is 4.74 Å². The van der Waals surface area contributed by atoms with Gasteiger partial charge in [0.05, 0.1) is 17.8 Å². The molecule has 0 heterocycles. The van der Waals surface area contributed by atoms with Crippen molar-refractivity contribution >= 4 is 20.0 Å². The Hall–Kier alpha value is -1.00. The largest absolute Gasteiger partial charge is 0.383 e. The highest BCUT2D eigenvalue weighted by Crippen LogP contribution is 2.10. The molecule has 0 aliphatic heterocycles. The highest BCUT2D eigenvalue weighted by molar-refractivity contribution is 7.89. The van der Waals surface area contributed by atoms with Crippen LogP contribution in [0.15, 0.2) is 29.2 Å². The Bertz CT molecular complexity index is 686. The van der Waals surface area contributed by atoms with Crippen molar-refractivity contribution in [2.75, 3.05) is 39.6 Å². The second kappa shape index (κ2) is 8.02. The molecule has 0 aliphatic carbocycles. The van der Waals surface area contributed by atoms with Crippen LogP contribution in [0.25, 0.3) is 0 Å². The Morgan fingerprint density at radius 2 is 1.86 bits per heavy atom. The summed E-state index contributed by atoms with van der Waals surface area (Å²) in [5.41, 5.74) is 0.834. The number of sulfonamides is 2. The molecule has 1 rings (SSSR count). The fourth-order valence-electron chi connectivity index (χ4n) is 1.81. The number of hydrogen-bond donors (Lipinski definition) is 1. The summed E-state index contributed by atoms with van der Waals surface area (Å²) in [6.07, 6.45) is 1.08. The van der Waals surface area contributed by atoms with Crippen LogP contribution in [-0.4, -0.2) is 60.7 Å². The summed E-state index contributed by atoms with van der Waals surface area (Å²) >= 11 is 0. The van der Waals surface area contributed by atoms with E-state index in [0.29, 0.717) is 0 Å². The number of nitrogens with one attached hydrogen (secondary N) is 1. The number of nitrogens with zero attached hydrogens (tertiary/aromatic N) is 1. The van der Waals surface area contributed by atoms with Gasteiger partial charge in [0.25, 0.3) is 0 Å². The fraction of sp³-hybridized carbons (Fsp3) is 0.538. The first kappa shape index (κ1) is 19.0. The summed E-state index contributed by atoms with van der Waals surface area (Å²) in [5.74, 6) is 0. The van der Waals surface area contributed by atoms with Crippen molar-refractivity contribution in [3.05, 3.63) is 29.8 Å². The monoisotopic (exact) mass is 350 g/mol. The van der Waals surface area contributed by atoms with E-state index in [0.717, 1.165) is 11.8 Å². The van der Waals surface area contributed by atoms with Crippen molar-refractivity contribution in [2.45, 2.75) is 11.8 Å². The predicted molar refractivity (Wildman–Crippen MR) is 84.7 cm³/mol. The van der Waals surface area contributed by atoms with Crippen LogP contribution in [0.2, 0.25) is 0 Å². The van der Waals surface area contributed by atoms with Gasteiger partial charge in [-0.1, -0.05) is 12.1 Å². The first-order valence-electron chi connectivity index (χ1n) is 6.67. The zero-order chi connectivity index (χ0) is 16.8. The lowest BCUT2D eigenvalue weighted by atomic mass is 10.2. The van der Waals surface area contributed by atoms with Gasteiger partial charge in [-0.05, 0) is 24.6 Å². The molecule has 7 nitrogen and oxygen atoms in total. The van der Waals surface area contributed by atoms with Gasteiger partial charge in [-0.2, -0.15) is 4.31 Å². The van der Waals surface area contributed by atoms with Crippen molar-refractivity contribution in [1.29, 1.82) is 0 Å². The highest BCUT2D eigenvalue weighted by Gasteiger charge is 2.18. The molecule has 1 aromatic carbocycles. The van der Waals surface area contributed by atoms with Crippen LogP contribution in [-0.2, 0) is 24.8 Å². The third-order valence-electron chi connectivity index (χ3n) is 2.97. The summed E-state index contributed by atoms with van der Waals surface area (Å²) in [6.45, 7) is 2.27. The molecule has 9 heteroatoms. The average molecular weight is 350 g/mol. The predicted octanol–water partition coefficient (Wildman–Crippen LogP) is 0.181. The molecule has 0 saturated heterocycles. The second-order valence-corrected chi connectivity index (χ2v) is 8.62. The molecule has 0 radical (unpaired) electrons. The van der Waals surface area contributed by atoms with Gasteiger partial charge in [0.15, 0.2) is 0 Å². The van der Waals surface area contributed by atoms with E-state index in [2.05, 4.69) is 4.72 Å². The van der Waals surface area contributed by atoms with Crippen LogP contribution in [0, 0.1) is 6.92 Å². The normalized spacial score (nSPS) is 12.7. The van der Waals surface area contributed by atoms with Crippen LogP contribution >= 0.6 is 0 Å². The minimum absolute atomic E-state index is 0.00689. The SMILES string of the molecule is COCCN(CCNS(=O)(=O)c1cccc(C)c1)S(C)(=O)=O. The fourth-order valence-corrected chi connectivity index (χ4v) is 3.76. The van der Waals surface area contributed by atoms with E-state index in [1.54, 1.807) is 25.1 Å². The summed E-state index contributed by atoms with van der Waals surface area (Å²) in [7, 11) is -5.58. The van der Waals surface area contributed by atoms with Crippen LogP contribution in [0.3, 0.4) is 0 Å². The van der Waals surface area contributed by atoms with Crippen molar-refractivity contribution in [3.63, 3.8) is 0 Å². The lowest BCUT2D eigenvalue weighted by Crippen LogP contribution is -2.39. The van der Waals surface area contributed by atoms with Crippen molar-refractivity contribution in [3.8, 4) is 0 Å². The zero-order valence-corrected chi connectivity index (χ0v) is 14.6. The molecule has 0 aromatic heterocycles. The number of rotatable bonds is 9. The molecule has 1 aromatic rings. The van der Waals surface area contributed by atoms with Gasteiger partial charge in [-0.3, -0.25) is 0 Å². The van der Waals surface area contributed by atoms with Crippen LogP contribution in [0.5, 0.6) is 0 Å².